The van der Waals surface area contributed by atoms with Crippen molar-refractivity contribution in [2.24, 2.45) is 0 Å². The van der Waals surface area contributed by atoms with Crippen molar-refractivity contribution in [1.29, 1.82) is 5.26 Å². The van der Waals surface area contributed by atoms with Gasteiger partial charge in [-0.05, 0) is 65.4 Å². The summed E-state index contributed by atoms with van der Waals surface area (Å²) in [6.45, 7) is 1.36. The van der Waals surface area contributed by atoms with E-state index in [1.54, 1.807) is 6.07 Å². The number of anilines is 3. The fourth-order valence-corrected chi connectivity index (χ4v) is 5.17. The first-order chi connectivity index (χ1) is 16.2. The van der Waals surface area contributed by atoms with Crippen LogP contribution in [-0.4, -0.2) is 18.9 Å². The Kier molecular flexibility index (Phi) is 6.56. The minimum atomic E-state index is -4.70. The van der Waals surface area contributed by atoms with Crippen molar-refractivity contribution < 1.29 is 17.8 Å². The smallest absolute Gasteiger partial charge is 0.326 e. The van der Waals surface area contributed by atoms with E-state index in [1.165, 1.54) is 55.1 Å². The lowest BCUT2D eigenvalue weighted by atomic mass is 10.1. The van der Waals surface area contributed by atoms with Crippen LogP contribution in [0.15, 0.2) is 94.7 Å². The minimum absolute atomic E-state index is 0.106. The third kappa shape index (κ3) is 5.21. The van der Waals surface area contributed by atoms with E-state index in [2.05, 4.69) is 11.4 Å². The predicted molar refractivity (Wildman–Crippen MR) is 134 cm³/mol. The van der Waals surface area contributed by atoms with Crippen LogP contribution in [0.3, 0.4) is 0 Å². The summed E-state index contributed by atoms with van der Waals surface area (Å²) in [6.07, 6.45) is 0. The maximum atomic E-state index is 12.2. The molecule has 0 spiro atoms. The van der Waals surface area contributed by atoms with Gasteiger partial charge >= 0.3 is 10.3 Å². The van der Waals surface area contributed by atoms with E-state index >= 15 is 0 Å². The standard InChI is InChI=1S/C25H19N3O4S2/c1-17(29)27-21-7-9-22(10-8-21)28(34(30,31)32)23-11-13-25(20(14-23)16-26)33-24-12-6-18-4-2-3-5-19(18)15-24/h2-15H,1H3,(H,27,29)(H,30,31,32). The summed E-state index contributed by atoms with van der Waals surface area (Å²) >= 11 is 1.39. The Morgan fingerprint density at radius 3 is 2.26 bits per heavy atom. The van der Waals surface area contributed by atoms with Gasteiger partial charge in [0.2, 0.25) is 5.91 Å². The molecular formula is C25H19N3O4S2. The normalized spacial score (nSPS) is 11.1. The molecule has 0 atom stereocenters. The highest BCUT2D eigenvalue weighted by atomic mass is 32.2. The van der Waals surface area contributed by atoms with Crippen LogP contribution in [0.5, 0.6) is 0 Å². The van der Waals surface area contributed by atoms with Crippen molar-refractivity contribution in [3.8, 4) is 6.07 Å². The lowest BCUT2D eigenvalue weighted by molar-refractivity contribution is -0.114. The van der Waals surface area contributed by atoms with E-state index in [0.717, 1.165) is 20.0 Å². The summed E-state index contributed by atoms with van der Waals surface area (Å²) in [5.74, 6) is -0.266. The number of nitrogens with one attached hydrogen (secondary N) is 1. The summed E-state index contributed by atoms with van der Waals surface area (Å²) in [5.41, 5.74) is 0.996. The predicted octanol–water partition coefficient (Wildman–Crippen LogP) is 5.76. The Labute approximate surface area is 201 Å². The molecule has 170 valence electrons. The van der Waals surface area contributed by atoms with Gasteiger partial charge < -0.3 is 5.32 Å². The monoisotopic (exact) mass is 489 g/mol. The number of nitriles is 1. The molecule has 0 bridgehead atoms. The van der Waals surface area contributed by atoms with Crippen LogP contribution in [0, 0.1) is 11.3 Å². The van der Waals surface area contributed by atoms with Gasteiger partial charge in [0, 0.05) is 22.4 Å². The van der Waals surface area contributed by atoms with Crippen LogP contribution >= 0.6 is 11.8 Å². The number of hydrogen-bond donors (Lipinski definition) is 2. The number of carbonyl (C=O) groups is 1. The van der Waals surface area contributed by atoms with E-state index in [-0.39, 0.29) is 22.8 Å². The first-order valence-electron chi connectivity index (χ1n) is 10.1. The second-order valence-corrected chi connectivity index (χ2v) is 9.75. The molecule has 0 saturated carbocycles. The largest absolute Gasteiger partial charge is 0.364 e. The van der Waals surface area contributed by atoms with Crippen molar-refractivity contribution in [1.82, 2.24) is 0 Å². The van der Waals surface area contributed by atoms with E-state index < -0.39 is 10.3 Å². The van der Waals surface area contributed by atoms with Crippen LogP contribution in [0.2, 0.25) is 0 Å². The Balaban J connectivity index is 1.68. The maximum absolute atomic E-state index is 12.2. The van der Waals surface area contributed by atoms with Crippen LogP contribution in [0.25, 0.3) is 10.8 Å². The molecule has 1 amide bonds. The average molecular weight is 490 g/mol. The fraction of sp³-hybridized carbons (Fsp3) is 0.0400. The lowest BCUT2D eigenvalue weighted by Gasteiger charge is -2.22. The Morgan fingerprint density at radius 2 is 1.62 bits per heavy atom. The SMILES string of the molecule is CC(=O)Nc1ccc(N(c2ccc(Sc3ccc4ccccc4c3)c(C#N)c2)S(=O)(=O)O)cc1. The van der Waals surface area contributed by atoms with E-state index in [4.69, 9.17) is 0 Å². The molecule has 0 unspecified atom stereocenters. The van der Waals surface area contributed by atoms with Gasteiger partial charge in [-0.2, -0.15) is 13.7 Å². The number of fused-ring (bicyclic) bond motifs is 1. The third-order valence-corrected chi connectivity index (χ3v) is 6.87. The topological polar surface area (TPSA) is 111 Å². The van der Waals surface area contributed by atoms with Gasteiger partial charge in [-0.1, -0.05) is 42.1 Å². The molecule has 0 aromatic heterocycles. The number of benzene rings is 4. The number of nitrogens with zero attached hydrogens (tertiary/aromatic N) is 2. The number of carbonyl (C=O) groups excluding carboxylic acids is 1. The van der Waals surface area contributed by atoms with Gasteiger partial charge in [-0.3, -0.25) is 9.35 Å². The summed E-state index contributed by atoms with van der Waals surface area (Å²) < 4.78 is 35.1. The Bertz CT molecular complexity index is 1530. The van der Waals surface area contributed by atoms with Crippen molar-refractivity contribution in [3.05, 3.63) is 90.5 Å². The molecule has 0 aliphatic carbocycles. The van der Waals surface area contributed by atoms with Crippen molar-refractivity contribution in [3.63, 3.8) is 0 Å². The van der Waals surface area contributed by atoms with Gasteiger partial charge in [0.1, 0.15) is 6.07 Å². The number of hydrogen-bond acceptors (Lipinski definition) is 5. The zero-order valence-corrected chi connectivity index (χ0v) is 19.6. The van der Waals surface area contributed by atoms with E-state index in [1.807, 2.05) is 42.5 Å². The quantitative estimate of drug-likeness (QED) is 0.333. The molecule has 4 rings (SSSR count). The van der Waals surface area contributed by atoms with Crippen LogP contribution < -0.4 is 9.62 Å². The molecule has 0 radical (unpaired) electrons. The van der Waals surface area contributed by atoms with Crippen LogP contribution in [0.4, 0.5) is 17.1 Å². The summed E-state index contributed by atoms with van der Waals surface area (Å²) in [6, 6.07) is 26.6. The molecule has 9 heteroatoms. The van der Waals surface area contributed by atoms with Crippen LogP contribution in [0.1, 0.15) is 12.5 Å². The van der Waals surface area contributed by atoms with Gasteiger partial charge in [0.25, 0.3) is 0 Å². The zero-order valence-electron chi connectivity index (χ0n) is 18.0. The highest BCUT2D eigenvalue weighted by molar-refractivity contribution is 7.99. The van der Waals surface area contributed by atoms with Gasteiger partial charge in [-0.25, -0.2) is 4.31 Å². The molecule has 7 nitrogen and oxygen atoms in total. The van der Waals surface area contributed by atoms with Crippen molar-refractivity contribution in [2.75, 3.05) is 9.62 Å². The van der Waals surface area contributed by atoms with E-state index in [9.17, 15) is 23.0 Å². The summed E-state index contributed by atoms with van der Waals surface area (Å²) in [7, 11) is -4.70. The Morgan fingerprint density at radius 1 is 0.941 bits per heavy atom. The van der Waals surface area contributed by atoms with Crippen LogP contribution in [-0.2, 0) is 15.1 Å². The molecule has 0 heterocycles. The highest BCUT2D eigenvalue weighted by Crippen LogP contribution is 2.36. The molecule has 4 aromatic rings. The lowest BCUT2D eigenvalue weighted by Crippen LogP contribution is -2.25. The molecule has 0 saturated heterocycles. The van der Waals surface area contributed by atoms with E-state index in [0.29, 0.717) is 10.6 Å². The Hall–Kier alpha value is -3.84. The zero-order chi connectivity index (χ0) is 24.3. The van der Waals surface area contributed by atoms with Gasteiger partial charge in [0.05, 0.1) is 16.9 Å². The average Bonchev–Trinajstić information content (AvgIpc) is 2.80. The minimum Gasteiger partial charge on any atom is -0.326 e. The maximum Gasteiger partial charge on any atom is 0.364 e. The molecule has 0 aliphatic rings. The molecule has 0 aliphatic heterocycles. The first-order valence-corrected chi connectivity index (χ1v) is 12.3. The highest BCUT2D eigenvalue weighted by Gasteiger charge is 2.23. The first kappa shape index (κ1) is 23.3. The molecule has 34 heavy (non-hydrogen) atoms. The van der Waals surface area contributed by atoms with Crippen molar-refractivity contribution in [2.45, 2.75) is 16.7 Å². The van der Waals surface area contributed by atoms with Gasteiger partial charge in [0.15, 0.2) is 0 Å². The molecular weight excluding hydrogens is 470 g/mol. The number of rotatable bonds is 6. The molecule has 2 N–H and O–H groups in total. The second kappa shape index (κ2) is 9.57. The molecule has 0 fully saturated rings. The fourth-order valence-electron chi connectivity index (χ4n) is 3.48. The third-order valence-electron chi connectivity index (χ3n) is 4.92. The second-order valence-electron chi connectivity index (χ2n) is 7.37. The van der Waals surface area contributed by atoms with Crippen molar-refractivity contribution >= 4 is 55.8 Å². The molecule has 4 aromatic carbocycles. The summed E-state index contributed by atoms with van der Waals surface area (Å²) in [4.78, 5) is 12.8. The van der Waals surface area contributed by atoms with Gasteiger partial charge in [-0.15, -0.1) is 0 Å². The summed E-state index contributed by atoms with van der Waals surface area (Å²) in [5, 5.41) is 14.5. The number of amides is 1.